The highest BCUT2D eigenvalue weighted by Gasteiger charge is 2.30. The Hall–Kier alpha value is -2.27. The molecule has 3 rings (SSSR count). The predicted molar refractivity (Wildman–Crippen MR) is 98.0 cm³/mol. The van der Waals surface area contributed by atoms with Gasteiger partial charge in [-0.1, -0.05) is 49.0 Å². The molecule has 124 valence electrons. The number of fused-ring (bicyclic) bond motifs is 1. The van der Waals surface area contributed by atoms with Crippen LogP contribution in [0.4, 0.5) is 0 Å². The first-order valence-electron chi connectivity index (χ1n) is 7.91. The monoisotopic (exact) mass is 340 g/mol. The molecular formula is C19H20N2O2S. The summed E-state index contributed by atoms with van der Waals surface area (Å²) in [6, 6.07) is 12.5. The maximum absolute atomic E-state index is 11.4. The minimum atomic E-state index is -0.942. The van der Waals surface area contributed by atoms with Crippen LogP contribution in [0.2, 0.25) is 0 Å². The molecule has 24 heavy (non-hydrogen) atoms. The number of carboxylic acid groups (broad SMARTS) is 1. The molecule has 0 saturated carbocycles. The molecule has 2 aromatic carbocycles. The molecule has 0 aliphatic carbocycles. The van der Waals surface area contributed by atoms with Crippen molar-refractivity contribution in [2.75, 3.05) is 0 Å². The fraction of sp³-hybridized carbons (Fsp3) is 0.263. The van der Waals surface area contributed by atoms with Crippen molar-refractivity contribution >= 4 is 28.5 Å². The highest BCUT2D eigenvalue weighted by atomic mass is 32.2. The number of aliphatic carboxylic acids is 1. The van der Waals surface area contributed by atoms with Crippen molar-refractivity contribution in [3.8, 4) is 5.69 Å². The number of hydrogen-bond donors (Lipinski definition) is 1. The van der Waals surface area contributed by atoms with Gasteiger partial charge in [0.15, 0.2) is 5.16 Å². The van der Waals surface area contributed by atoms with Crippen molar-refractivity contribution < 1.29 is 9.90 Å². The van der Waals surface area contributed by atoms with Crippen LogP contribution in [0.3, 0.4) is 0 Å². The molecule has 0 amide bonds. The molecule has 3 aromatic rings. The normalized spacial score (nSPS) is 11.8. The number of imidazole rings is 1. The van der Waals surface area contributed by atoms with E-state index in [9.17, 15) is 9.90 Å². The van der Waals surface area contributed by atoms with Crippen molar-refractivity contribution in [1.29, 1.82) is 0 Å². The smallest absolute Gasteiger partial charge is 0.319 e. The van der Waals surface area contributed by atoms with Crippen LogP contribution in [0.15, 0.2) is 53.9 Å². The number of carboxylic acids is 1. The van der Waals surface area contributed by atoms with Gasteiger partial charge < -0.3 is 5.11 Å². The number of hydrogen-bond acceptors (Lipinski definition) is 3. The van der Waals surface area contributed by atoms with Gasteiger partial charge in [-0.05, 0) is 37.3 Å². The maximum Gasteiger partial charge on any atom is 0.319 e. The summed E-state index contributed by atoms with van der Waals surface area (Å²) in [6.45, 7) is 5.53. The lowest BCUT2D eigenvalue weighted by Gasteiger charge is -2.19. The van der Waals surface area contributed by atoms with Gasteiger partial charge in [0.1, 0.15) is 4.75 Å². The quantitative estimate of drug-likeness (QED) is 0.693. The van der Waals surface area contributed by atoms with Gasteiger partial charge in [0.2, 0.25) is 0 Å². The summed E-state index contributed by atoms with van der Waals surface area (Å²) in [5.41, 5.74) is 2.32. The van der Waals surface area contributed by atoms with Crippen LogP contribution in [0.5, 0.6) is 0 Å². The molecule has 1 aromatic heterocycles. The van der Waals surface area contributed by atoms with Gasteiger partial charge in [0.25, 0.3) is 0 Å². The highest BCUT2D eigenvalue weighted by Crippen LogP contribution is 2.35. The summed E-state index contributed by atoms with van der Waals surface area (Å²) >= 11 is 1.25. The van der Waals surface area contributed by atoms with E-state index in [1.807, 2.05) is 22.9 Å². The van der Waals surface area contributed by atoms with Crippen molar-refractivity contribution in [2.24, 2.45) is 0 Å². The lowest BCUT2D eigenvalue weighted by Crippen LogP contribution is -2.27. The number of carbonyl (C=O) groups is 1. The second-order valence-corrected chi connectivity index (χ2v) is 7.73. The average molecular weight is 340 g/mol. The topological polar surface area (TPSA) is 55.1 Å². The van der Waals surface area contributed by atoms with E-state index in [1.54, 1.807) is 20.0 Å². The first-order valence-corrected chi connectivity index (χ1v) is 8.72. The third kappa shape index (κ3) is 2.91. The van der Waals surface area contributed by atoms with Crippen LogP contribution in [0.1, 0.15) is 26.3 Å². The van der Waals surface area contributed by atoms with Crippen molar-refractivity contribution in [3.05, 3.63) is 54.4 Å². The van der Waals surface area contributed by atoms with Gasteiger partial charge in [-0.25, -0.2) is 4.98 Å². The van der Waals surface area contributed by atoms with E-state index in [1.165, 1.54) is 22.7 Å². The molecule has 0 saturated heterocycles. The summed E-state index contributed by atoms with van der Waals surface area (Å²) in [7, 11) is 0. The molecule has 0 unspecified atom stereocenters. The minimum Gasteiger partial charge on any atom is -0.480 e. The van der Waals surface area contributed by atoms with E-state index in [4.69, 9.17) is 0 Å². The van der Waals surface area contributed by atoms with Gasteiger partial charge in [-0.15, -0.1) is 0 Å². The molecule has 0 atom stereocenters. The lowest BCUT2D eigenvalue weighted by molar-refractivity contribution is -0.138. The average Bonchev–Trinajstić information content (AvgIpc) is 3.00. The Bertz CT molecular complexity index is 899. The van der Waals surface area contributed by atoms with E-state index >= 15 is 0 Å². The molecule has 4 nitrogen and oxygen atoms in total. The van der Waals surface area contributed by atoms with Crippen LogP contribution in [0, 0.1) is 0 Å². The van der Waals surface area contributed by atoms with Crippen molar-refractivity contribution in [3.63, 3.8) is 0 Å². The second-order valence-electron chi connectivity index (χ2n) is 6.14. The van der Waals surface area contributed by atoms with Gasteiger partial charge in [0, 0.05) is 17.8 Å². The third-order valence-electron chi connectivity index (χ3n) is 4.10. The highest BCUT2D eigenvalue weighted by molar-refractivity contribution is 8.01. The number of benzene rings is 2. The molecule has 1 N–H and O–H groups in total. The van der Waals surface area contributed by atoms with Crippen molar-refractivity contribution in [2.45, 2.75) is 37.1 Å². The van der Waals surface area contributed by atoms with Gasteiger partial charge in [-0.2, -0.15) is 0 Å². The largest absolute Gasteiger partial charge is 0.480 e. The van der Waals surface area contributed by atoms with E-state index in [2.05, 4.69) is 36.2 Å². The van der Waals surface area contributed by atoms with E-state index < -0.39 is 10.7 Å². The zero-order valence-corrected chi connectivity index (χ0v) is 14.8. The van der Waals surface area contributed by atoms with E-state index in [0.717, 1.165) is 17.5 Å². The lowest BCUT2D eigenvalue weighted by atomic mass is 10.0. The fourth-order valence-corrected chi connectivity index (χ4v) is 3.60. The van der Waals surface area contributed by atoms with Crippen LogP contribution in [0.25, 0.3) is 16.5 Å². The Balaban J connectivity index is 2.14. The Labute approximate surface area is 145 Å². The first kappa shape index (κ1) is 16.6. The number of nitrogens with zero attached hydrogens (tertiary/aromatic N) is 2. The third-order valence-corrected chi connectivity index (χ3v) is 5.27. The molecule has 0 spiro atoms. The van der Waals surface area contributed by atoms with Crippen LogP contribution in [-0.4, -0.2) is 25.4 Å². The molecule has 5 heteroatoms. The first-order chi connectivity index (χ1) is 11.4. The Morgan fingerprint density at radius 3 is 2.58 bits per heavy atom. The molecule has 0 aliphatic rings. The van der Waals surface area contributed by atoms with Crippen molar-refractivity contribution in [1.82, 2.24) is 9.55 Å². The zero-order valence-electron chi connectivity index (χ0n) is 14.0. The molecular weight excluding hydrogens is 320 g/mol. The Morgan fingerprint density at radius 2 is 1.92 bits per heavy atom. The van der Waals surface area contributed by atoms with Gasteiger partial charge >= 0.3 is 5.97 Å². The molecule has 0 aliphatic heterocycles. The van der Waals surface area contributed by atoms with Gasteiger partial charge in [-0.3, -0.25) is 9.36 Å². The predicted octanol–water partition coefficient (Wildman–Crippen LogP) is 4.54. The minimum absolute atomic E-state index is 0.678. The number of aryl methyl sites for hydroxylation is 1. The fourth-order valence-electron chi connectivity index (χ4n) is 2.68. The summed E-state index contributed by atoms with van der Waals surface area (Å²) in [4.78, 5) is 15.8. The Kier molecular flexibility index (Phi) is 4.37. The van der Waals surface area contributed by atoms with Crippen LogP contribution in [-0.2, 0) is 11.2 Å². The van der Waals surface area contributed by atoms with Crippen LogP contribution < -0.4 is 0 Å². The zero-order chi connectivity index (χ0) is 17.3. The number of thioether (sulfide) groups is 1. The van der Waals surface area contributed by atoms with Crippen LogP contribution >= 0.6 is 11.8 Å². The summed E-state index contributed by atoms with van der Waals surface area (Å²) in [5, 5.41) is 12.4. The summed E-state index contributed by atoms with van der Waals surface area (Å²) in [5.74, 6) is -0.853. The molecule has 1 heterocycles. The summed E-state index contributed by atoms with van der Waals surface area (Å²) < 4.78 is 1.03. The molecule has 0 radical (unpaired) electrons. The second kappa shape index (κ2) is 6.32. The number of aromatic nitrogens is 2. The summed E-state index contributed by atoms with van der Waals surface area (Å²) in [6.07, 6.45) is 4.56. The molecule has 0 bridgehead atoms. The number of rotatable bonds is 5. The molecule has 0 fully saturated rings. The van der Waals surface area contributed by atoms with Gasteiger partial charge in [0.05, 0.1) is 5.69 Å². The van der Waals surface area contributed by atoms with E-state index in [0.29, 0.717) is 5.16 Å². The maximum atomic E-state index is 11.4. The standard InChI is InChI=1S/C19H20N2O2S/c1-4-13-9-10-16(15-8-6-5-7-14(13)15)21-12-11-20-18(21)24-19(2,3)17(22)23/h5-12H,4H2,1-3H3,(H,22,23). The SMILES string of the molecule is CCc1ccc(-n2ccnc2SC(C)(C)C(=O)O)c2ccccc12. The Morgan fingerprint density at radius 1 is 1.21 bits per heavy atom. The van der Waals surface area contributed by atoms with E-state index in [-0.39, 0.29) is 0 Å².